The van der Waals surface area contributed by atoms with Crippen LogP contribution in [0.4, 0.5) is 4.39 Å². The van der Waals surface area contributed by atoms with Crippen molar-refractivity contribution in [3.8, 4) is 11.6 Å². The molecule has 3 heterocycles. The predicted octanol–water partition coefficient (Wildman–Crippen LogP) is 2.91. The van der Waals surface area contributed by atoms with Gasteiger partial charge in [-0.15, -0.1) is 0 Å². The normalized spacial score (nSPS) is 21.3. The van der Waals surface area contributed by atoms with Crippen molar-refractivity contribution in [3.05, 3.63) is 59.8 Å². The Morgan fingerprint density at radius 1 is 1.18 bits per heavy atom. The topological polar surface area (TPSA) is 63.9 Å². The number of rotatable bonds is 3. The Kier molecular flexibility index (Phi) is 3.04. The molecule has 0 bridgehead atoms. The van der Waals surface area contributed by atoms with Crippen LogP contribution in [0.25, 0.3) is 11.6 Å². The Hall–Kier alpha value is -2.47. The summed E-state index contributed by atoms with van der Waals surface area (Å²) in [6, 6.07) is 10.1. The molecule has 0 aliphatic carbocycles. The average Bonchev–Trinajstić information content (AvgIpc) is 3.28. The van der Waals surface area contributed by atoms with Gasteiger partial charge in [-0.3, -0.25) is 0 Å². The van der Waals surface area contributed by atoms with Gasteiger partial charge in [0, 0.05) is 12.8 Å². The zero-order chi connectivity index (χ0) is 15.0. The van der Waals surface area contributed by atoms with Crippen LogP contribution in [0.1, 0.15) is 17.8 Å². The molecule has 1 aliphatic rings. The highest BCUT2D eigenvalue weighted by molar-refractivity contribution is 5.47. The number of nitrogens with one attached hydrogen (secondary N) is 1. The number of H-pyrrole nitrogens is 1. The van der Waals surface area contributed by atoms with Crippen LogP contribution in [0.3, 0.4) is 0 Å². The molecule has 1 aliphatic heterocycles. The number of aromatic amines is 1. The van der Waals surface area contributed by atoms with Crippen LogP contribution in [0.15, 0.2) is 47.1 Å². The summed E-state index contributed by atoms with van der Waals surface area (Å²) in [6.45, 7) is 1.08. The number of hydrogen-bond donors (Lipinski definition) is 1. The quantitative estimate of drug-likeness (QED) is 0.807. The lowest BCUT2D eigenvalue weighted by Gasteiger charge is -2.23. The summed E-state index contributed by atoms with van der Waals surface area (Å²) < 4.78 is 24.2. The molecule has 1 aromatic carbocycles. The Morgan fingerprint density at radius 3 is 2.73 bits per heavy atom. The van der Waals surface area contributed by atoms with Crippen molar-refractivity contribution >= 4 is 0 Å². The van der Waals surface area contributed by atoms with Crippen molar-refractivity contribution in [2.24, 2.45) is 0 Å². The van der Waals surface area contributed by atoms with Crippen LogP contribution in [-0.2, 0) is 10.2 Å². The number of benzene rings is 1. The second kappa shape index (κ2) is 5.06. The molecule has 0 saturated carbocycles. The largest absolute Gasteiger partial charge is 0.380 e. The number of nitrogens with zero attached hydrogens (tertiary/aromatic N) is 2. The highest BCUT2D eigenvalue weighted by Gasteiger charge is 2.43. The molecule has 2 aromatic heterocycles. The van der Waals surface area contributed by atoms with Crippen molar-refractivity contribution in [1.29, 1.82) is 0 Å². The number of aromatic nitrogens is 3. The first-order valence-corrected chi connectivity index (χ1v) is 7.10. The van der Waals surface area contributed by atoms with Crippen LogP contribution in [0.2, 0.25) is 0 Å². The van der Waals surface area contributed by atoms with Crippen molar-refractivity contribution in [1.82, 2.24) is 15.1 Å². The summed E-state index contributed by atoms with van der Waals surface area (Å²) in [5.74, 6) is 0.743. The fourth-order valence-electron chi connectivity index (χ4n) is 2.86. The maximum atomic E-state index is 13.2. The first-order chi connectivity index (χ1) is 10.8. The molecule has 0 radical (unpaired) electrons. The number of hydrogen-bond acceptors (Lipinski definition) is 4. The van der Waals surface area contributed by atoms with E-state index in [1.165, 1.54) is 12.1 Å². The van der Waals surface area contributed by atoms with Gasteiger partial charge < -0.3 is 14.2 Å². The molecule has 5 nitrogen and oxygen atoms in total. The summed E-state index contributed by atoms with van der Waals surface area (Å²) in [5.41, 5.74) is 1.22. The molecule has 6 heteroatoms. The van der Waals surface area contributed by atoms with Gasteiger partial charge in [-0.05, 0) is 36.2 Å². The van der Waals surface area contributed by atoms with E-state index >= 15 is 0 Å². The van der Waals surface area contributed by atoms with Gasteiger partial charge in [0.1, 0.15) is 11.5 Å². The lowest BCUT2D eigenvalue weighted by atomic mass is 9.79. The van der Waals surface area contributed by atoms with Crippen molar-refractivity contribution < 1.29 is 13.7 Å². The highest BCUT2D eigenvalue weighted by Crippen LogP contribution is 2.38. The molecule has 0 amide bonds. The van der Waals surface area contributed by atoms with Crippen LogP contribution >= 0.6 is 0 Å². The smallest absolute Gasteiger partial charge is 0.274 e. The Bertz CT molecular complexity index is 759. The average molecular weight is 299 g/mol. The number of ether oxygens (including phenoxy) is 1. The predicted molar refractivity (Wildman–Crippen MR) is 76.7 cm³/mol. The summed E-state index contributed by atoms with van der Waals surface area (Å²) in [7, 11) is 0. The Labute approximate surface area is 126 Å². The van der Waals surface area contributed by atoms with E-state index in [4.69, 9.17) is 9.26 Å². The fraction of sp³-hybridized carbons (Fsp3) is 0.250. The standard InChI is InChI=1S/C16H14FN3O2/c17-12-5-3-11(4-6-12)16(7-9-21-10-16)15-19-14(22-20-15)13-2-1-8-18-13/h1-6,8,18H,7,9-10H2. The molecule has 4 rings (SSSR count). The van der Waals surface area contributed by atoms with Crippen LogP contribution in [0, 0.1) is 5.82 Å². The molecule has 3 aromatic rings. The third-order valence-electron chi connectivity index (χ3n) is 4.10. The van der Waals surface area contributed by atoms with Crippen LogP contribution in [0.5, 0.6) is 0 Å². The van der Waals surface area contributed by atoms with E-state index < -0.39 is 5.41 Å². The van der Waals surface area contributed by atoms with Gasteiger partial charge in [-0.1, -0.05) is 17.3 Å². The fourth-order valence-corrected chi connectivity index (χ4v) is 2.86. The second-order valence-corrected chi connectivity index (χ2v) is 5.40. The monoisotopic (exact) mass is 299 g/mol. The molecule has 22 heavy (non-hydrogen) atoms. The first-order valence-electron chi connectivity index (χ1n) is 7.10. The van der Waals surface area contributed by atoms with Gasteiger partial charge in [0.15, 0.2) is 5.82 Å². The Balaban J connectivity index is 1.78. The molecule has 1 fully saturated rings. The zero-order valence-corrected chi connectivity index (χ0v) is 11.8. The third-order valence-corrected chi connectivity index (χ3v) is 4.10. The lowest BCUT2D eigenvalue weighted by molar-refractivity contribution is 0.182. The minimum absolute atomic E-state index is 0.266. The van der Waals surface area contributed by atoms with E-state index in [-0.39, 0.29) is 5.82 Å². The van der Waals surface area contributed by atoms with E-state index in [1.54, 1.807) is 18.3 Å². The molecule has 1 saturated heterocycles. The molecular weight excluding hydrogens is 285 g/mol. The van der Waals surface area contributed by atoms with Crippen molar-refractivity contribution in [3.63, 3.8) is 0 Å². The van der Waals surface area contributed by atoms with Crippen LogP contribution in [-0.4, -0.2) is 28.3 Å². The minimum atomic E-state index is -0.484. The molecule has 1 N–H and O–H groups in total. The van der Waals surface area contributed by atoms with E-state index in [0.717, 1.165) is 17.7 Å². The molecule has 112 valence electrons. The van der Waals surface area contributed by atoms with Gasteiger partial charge >= 0.3 is 0 Å². The summed E-state index contributed by atoms with van der Waals surface area (Å²) >= 11 is 0. The van der Waals surface area contributed by atoms with E-state index in [9.17, 15) is 4.39 Å². The van der Waals surface area contributed by atoms with Crippen molar-refractivity contribution in [2.75, 3.05) is 13.2 Å². The van der Waals surface area contributed by atoms with Crippen LogP contribution < -0.4 is 0 Å². The first kappa shape index (κ1) is 13.2. The van der Waals surface area contributed by atoms with Gasteiger partial charge in [-0.2, -0.15) is 4.98 Å². The maximum absolute atomic E-state index is 13.2. The Morgan fingerprint density at radius 2 is 2.05 bits per heavy atom. The SMILES string of the molecule is Fc1ccc(C2(c3noc(-c4ccc[nH]4)n3)CCOC2)cc1. The summed E-state index contributed by atoms with van der Waals surface area (Å²) in [5, 5.41) is 4.15. The summed E-state index contributed by atoms with van der Waals surface area (Å²) in [6.07, 6.45) is 2.54. The van der Waals surface area contributed by atoms with E-state index in [2.05, 4.69) is 15.1 Å². The second-order valence-electron chi connectivity index (χ2n) is 5.40. The van der Waals surface area contributed by atoms with Gasteiger partial charge in [0.05, 0.1) is 12.0 Å². The molecule has 0 spiro atoms. The maximum Gasteiger partial charge on any atom is 0.274 e. The van der Waals surface area contributed by atoms with Gasteiger partial charge in [0.2, 0.25) is 0 Å². The zero-order valence-electron chi connectivity index (χ0n) is 11.8. The molecular formula is C16H14FN3O2. The van der Waals surface area contributed by atoms with Gasteiger partial charge in [0.25, 0.3) is 5.89 Å². The molecule has 1 unspecified atom stereocenters. The summed E-state index contributed by atoms with van der Waals surface area (Å²) in [4.78, 5) is 7.56. The van der Waals surface area contributed by atoms with E-state index in [1.807, 2.05) is 12.1 Å². The highest BCUT2D eigenvalue weighted by atomic mass is 19.1. The number of halogens is 1. The van der Waals surface area contributed by atoms with Gasteiger partial charge in [-0.25, -0.2) is 4.39 Å². The van der Waals surface area contributed by atoms with E-state index in [0.29, 0.717) is 24.9 Å². The third kappa shape index (κ3) is 2.03. The molecule has 1 atom stereocenters. The minimum Gasteiger partial charge on any atom is -0.380 e. The lowest BCUT2D eigenvalue weighted by Crippen LogP contribution is -2.29. The van der Waals surface area contributed by atoms with Crippen molar-refractivity contribution in [2.45, 2.75) is 11.8 Å².